The molecule has 0 aromatic heterocycles. The van der Waals surface area contributed by atoms with Gasteiger partial charge in [-0.1, -0.05) is 6.92 Å². The monoisotopic (exact) mass is 228 g/mol. The fourth-order valence-corrected chi connectivity index (χ4v) is 2.14. The molecule has 2 unspecified atom stereocenters. The Morgan fingerprint density at radius 1 is 1.56 bits per heavy atom. The Bertz CT molecular complexity index is 268. The molecular formula is C11H20N2O3. The van der Waals surface area contributed by atoms with Gasteiger partial charge in [0.15, 0.2) is 0 Å². The Kier molecular flexibility index (Phi) is 4.73. The van der Waals surface area contributed by atoms with Crippen LogP contribution < -0.4 is 5.32 Å². The second kappa shape index (κ2) is 5.84. The van der Waals surface area contributed by atoms with Crippen LogP contribution in [0.4, 0.5) is 0 Å². The first-order valence-corrected chi connectivity index (χ1v) is 5.63. The maximum atomic E-state index is 11.6. The summed E-state index contributed by atoms with van der Waals surface area (Å²) >= 11 is 0. The molecule has 1 fully saturated rings. The van der Waals surface area contributed by atoms with Crippen molar-refractivity contribution >= 4 is 11.9 Å². The van der Waals surface area contributed by atoms with Gasteiger partial charge in [-0.25, -0.2) is 0 Å². The van der Waals surface area contributed by atoms with Crippen LogP contribution in [0.25, 0.3) is 0 Å². The molecule has 0 aromatic carbocycles. The van der Waals surface area contributed by atoms with Crippen LogP contribution in [0.15, 0.2) is 0 Å². The highest BCUT2D eigenvalue weighted by Gasteiger charge is 2.32. The number of amides is 1. The second-order valence-electron chi connectivity index (χ2n) is 4.19. The Balaban J connectivity index is 2.52. The molecule has 5 nitrogen and oxygen atoms in total. The van der Waals surface area contributed by atoms with Crippen LogP contribution in [0, 0.1) is 5.92 Å². The maximum Gasteiger partial charge on any atom is 0.309 e. The molecule has 2 atom stereocenters. The van der Waals surface area contributed by atoms with Gasteiger partial charge in [-0.2, -0.15) is 0 Å². The number of carbonyl (C=O) groups excluding carboxylic acids is 2. The van der Waals surface area contributed by atoms with E-state index >= 15 is 0 Å². The third kappa shape index (κ3) is 2.95. The minimum Gasteiger partial charge on any atom is -0.469 e. The first-order valence-electron chi connectivity index (χ1n) is 5.63. The molecule has 1 N–H and O–H groups in total. The molecule has 1 aliphatic rings. The third-order valence-corrected chi connectivity index (χ3v) is 3.02. The quantitative estimate of drug-likeness (QED) is 0.688. The molecule has 92 valence electrons. The lowest BCUT2D eigenvalue weighted by Crippen LogP contribution is -2.44. The van der Waals surface area contributed by atoms with Crippen LogP contribution in [0.2, 0.25) is 0 Å². The van der Waals surface area contributed by atoms with Crippen molar-refractivity contribution in [1.29, 1.82) is 0 Å². The van der Waals surface area contributed by atoms with Gasteiger partial charge in [0.25, 0.3) is 0 Å². The number of likely N-dealkylation sites (tertiary alicyclic amines) is 1. The molecule has 0 saturated carbocycles. The number of hydrogen-bond acceptors (Lipinski definition) is 4. The molecule has 0 aromatic rings. The fourth-order valence-electron chi connectivity index (χ4n) is 2.14. The summed E-state index contributed by atoms with van der Waals surface area (Å²) in [6.07, 6.45) is 1.87. The van der Waals surface area contributed by atoms with Crippen LogP contribution in [0.1, 0.15) is 19.8 Å². The lowest BCUT2D eigenvalue weighted by Gasteiger charge is -2.25. The Morgan fingerprint density at radius 2 is 2.25 bits per heavy atom. The predicted octanol–water partition coefficient (Wildman–Crippen LogP) is 0.00590. The standard InChI is InChI=1S/C11H20N2O3/c1-8(11(15)16-3)7-13-6-4-5-9(13)10(14)12-2/h8-9H,4-7H2,1-3H3,(H,12,14). The van der Waals surface area contributed by atoms with Crippen LogP contribution in [-0.2, 0) is 14.3 Å². The zero-order valence-electron chi connectivity index (χ0n) is 10.2. The summed E-state index contributed by atoms with van der Waals surface area (Å²) in [6.45, 7) is 3.29. The molecule has 1 rings (SSSR count). The number of ether oxygens (including phenoxy) is 1. The summed E-state index contributed by atoms with van der Waals surface area (Å²) in [4.78, 5) is 24.9. The van der Waals surface area contributed by atoms with Gasteiger partial charge < -0.3 is 10.1 Å². The van der Waals surface area contributed by atoms with Gasteiger partial charge >= 0.3 is 5.97 Å². The van der Waals surface area contributed by atoms with Crippen molar-refractivity contribution in [3.63, 3.8) is 0 Å². The van der Waals surface area contributed by atoms with E-state index in [2.05, 4.69) is 15.0 Å². The van der Waals surface area contributed by atoms with Gasteiger partial charge in [0.1, 0.15) is 0 Å². The van der Waals surface area contributed by atoms with E-state index in [1.54, 1.807) is 7.05 Å². The molecule has 1 saturated heterocycles. The van der Waals surface area contributed by atoms with E-state index in [-0.39, 0.29) is 23.8 Å². The normalized spacial score (nSPS) is 22.8. The van der Waals surface area contributed by atoms with E-state index in [4.69, 9.17) is 0 Å². The molecule has 1 heterocycles. The summed E-state index contributed by atoms with van der Waals surface area (Å²) in [5.74, 6) is -0.368. The molecule has 0 spiro atoms. The average Bonchev–Trinajstić information content (AvgIpc) is 2.74. The van der Waals surface area contributed by atoms with Crippen molar-refractivity contribution in [3.8, 4) is 0 Å². The van der Waals surface area contributed by atoms with Gasteiger partial charge in [0.2, 0.25) is 5.91 Å². The van der Waals surface area contributed by atoms with Crippen molar-refractivity contribution in [3.05, 3.63) is 0 Å². The van der Waals surface area contributed by atoms with E-state index in [1.165, 1.54) is 7.11 Å². The molecule has 16 heavy (non-hydrogen) atoms. The van der Waals surface area contributed by atoms with Gasteiger partial charge in [0, 0.05) is 13.6 Å². The predicted molar refractivity (Wildman–Crippen MR) is 59.8 cm³/mol. The third-order valence-electron chi connectivity index (χ3n) is 3.02. The lowest BCUT2D eigenvalue weighted by atomic mass is 10.1. The molecule has 1 aliphatic heterocycles. The van der Waals surface area contributed by atoms with Gasteiger partial charge in [-0.05, 0) is 19.4 Å². The Morgan fingerprint density at radius 3 is 2.81 bits per heavy atom. The highest BCUT2D eigenvalue weighted by molar-refractivity contribution is 5.81. The van der Waals surface area contributed by atoms with Crippen molar-refractivity contribution in [2.45, 2.75) is 25.8 Å². The van der Waals surface area contributed by atoms with E-state index in [1.807, 2.05) is 6.92 Å². The number of carbonyl (C=O) groups is 2. The van der Waals surface area contributed by atoms with Gasteiger partial charge in [-0.15, -0.1) is 0 Å². The van der Waals surface area contributed by atoms with E-state index < -0.39 is 0 Å². The number of rotatable bonds is 4. The van der Waals surface area contributed by atoms with Crippen molar-refractivity contribution in [2.75, 3.05) is 27.2 Å². The summed E-state index contributed by atoms with van der Waals surface area (Å²) < 4.78 is 4.68. The number of esters is 1. The Hall–Kier alpha value is -1.10. The molecule has 0 radical (unpaired) electrons. The lowest BCUT2D eigenvalue weighted by molar-refractivity contribution is -0.146. The molecule has 0 bridgehead atoms. The largest absolute Gasteiger partial charge is 0.469 e. The summed E-state index contributed by atoms with van der Waals surface area (Å²) in [7, 11) is 3.03. The highest BCUT2D eigenvalue weighted by Crippen LogP contribution is 2.19. The topological polar surface area (TPSA) is 58.6 Å². The zero-order chi connectivity index (χ0) is 12.1. The minimum absolute atomic E-state index is 0.0366. The minimum atomic E-state index is -0.220. The average molecular weight is 228 g/mol. The SMILES string of the molecule is CNC(=O)C1CCCN1CC(C)C(=O)OC. The van der Waals surface area contributed by atoms with Crippen molar-refractivity contribution in [2.24, 2.45) is 5.92 Å². The van der Waals surface area contributed by atoms with Crippen LogP contribution in [0.3, 0.4) is 0 Å². The molecule has 0 aliphatic carbocycles. The number of likely N-dealkylation sites (N-methyl/N-ethyl adjacent to an activating group) is 1. The smallest absolute Gasteiger partial charge is 0.309 e. The van der Waals surface area contributed by atoms with Crippen LogP contribution in [-0.4, -0.2) is 50.1 Å². The van der Waals surface area contributed by atoms with E-state index in [0.29, 0.717) is 6.54 Å². The molecule has 1 amide bonds. The summed E-state index contributed by atoms with van der Waals surface area (Å²) in [5, 5.41) is 2.66. The van der Waals surface area contributed by atoms with Crippen molar-refractivity contribution < 1.29 is 14.3 Å². The number of methoxy groups -OCH3 is 1. The van der Waals surface area contributed by atoms with Crippen molar-refractivity contribution in [1.82, 2.24) is 10.2 Å². The molecular weight excluding hydrogens is 208 g/mol. The molecule has 5 heteroatoms. The fraction of sp³-hybridized carbons (Fsp3) is 0.818. The Labute approximate surface area is 96.1 Å². The summed E-state index contributed by atoms with van der Waals surface area (Å²) in [6, 6.07) is -0.0860. The van der Waals surface area contributed by atoms with Crippen LogP contribution >= 0.6 is 0 Å². The first-order chi connectivity index (χ1) is 7.60. The number of nitrogens with one attached hydrogen (secondary N) is 1. The van der Waals surface area contributed by atoms with E-state index in [0.717, 1.165) is 19.4 Å². The maximum absolute atomic E-state index is 11.6. The van der Waals surface area contributed by atoms with Gasteiger partial charge in [0.05, 0.1) is 19.1 Å². The zero-order valence-corrected chi connectivity index (χ0v) is 10.2. The second-order valence-corrected chi connectivity index (χ2v) is 4.19. The van der Waals surface area contributed by atoms with Gasteiger partial charge in [-0.3, -0.25) is 14.5 Å². The summed E-state index contributed by atoms with van der Waals surface area (Å²) in [5.41, 5.74) is 0. The highest BCUT2D eigenvalue weighted by atomic mass is 16.5. The van der Waals surface area contributed by atoms with Crippen LogP contribution in [0.5, 0.6) is 0 Å². The number of nitrogens with zero attached hydrogens (tertiary/aromatic N) is 1. The number of hydrogen-bond donors (Lipinski definition) is 1. The first kappa shape index (κ1) is 13.0. The van der Waals surface area contributed by atoms with E-state index in [9.17, 15) is 9.59 Å².